The summed E-state index contributed by atoms with van der Waals surface area (Å²) in [7, 11) is 0. The second-order valence-corrected chi connectivity index (χ2v) is 8.04. The van der Waals surface area contributed by atoms with Gasteiger partial charge in [0.1, 0.15) is 11.6 Å². The fourth-order valence-corrected chi connectivity index (χ4v) is 4.12. The van der Waals surface area contributed by atoms with E-state index in [0.29, 0.717) is 43.7 Å². The van der Waals surface area contributed by atoms with Gasteiger partial charge in [-0.25, -0.2) is 13.9 Å². The van der Waals surface area contributed by atoms with E-state index in [1.807, 2.05) is 24.3 Å². The van der Waals surface area contributed by atoms with Gasteiger partial charge < -0.3 is 5.32 Å². The Labute approximate surface area is 183 Å². The van der Waals surface area contributed by atoms with Crippen molar-refractivity contribution in [1.29, 1.82) is 0 Å². The van der Waals surface area contributed by atoms with Crippen LogP contribution in [-0.2, 0) is 19.5 Å². The van der Waals surface area contributed by atoms with Crippen LogP contribution >= 0.6 is 0 Å². The van der Waals surface area contributed by atoms with Gasteiger partial charge in [0.15, 0.2) is 0 Å². The first-order chi connectivity index (χ1) is 15.6. The zero-order valence-corrected chi connectivity index (χ0v) is 17.4. The third-order valence-corrected chi connectivity index (χ3v) is 5.86. The van der Waals surface area contributed by atoms with Crippen LogP contribution in [0.25, 0.3) is 10.9 Å². The van der Waals surface area contributed by atoms with Gasteiger partial charge >= 0.3 is 5.69 Å². The van der Waals surface area contributed by atoms with Crippen molar-refractivity contribution in [1.82, 2.24) is 24.6 Å². The number of pyridine rings is 1. The zero-order valence-electron chi connectivity index (χ0n) is 17.4. The predicted octanol–water partition coefficient (Wildman–Crippen LogP) is 2.92. The van der Waals surface area contributed by atoms with E-state index in [-0.39, 0.29) is 23.5 Å². The molecule has 2 aromatic heterocycles. The van der Waals surface area contributed by atoms with Crippen LogP contribution in [0.4, 0.5) is 4.39 Å². The maximum Gasteiger partial charge on any atom is 0.346 e. The van der Waals surface area contributed by atoms with Gasteiger partial charge in [0.25, 0.3) is 5.91 Å². The first-order valence-electron chi connectivity index (χ1n) is 10.6. The van der Waals surface area contributed by atoms with Crippen molar-refractivity contribution in [3.8, 4) is 0 Å². The van der Waals surface area contributed by atoms with Gasteiger partial charge in [-0.3, -0.25) is 14.3 Å². The fraction of sp³-hybridized carbons (Fsp3) is 0.250. The summed E-state index contributed by atoms with van der Waals surface area (Å²) in [5.74, 6) is 0.273. The van der Waals surface area contributed by atoms with Crippen molar-refractivity contribution in [2.45, 2.75) is 38.4 Å². The molecular weight excluding hydrogens is 409 g/mol. The lowest BCUT2D eigenvalue weighted by atomic mass is 10.1. The number of nitrogens with one attached hydrogen (secondary N) is 1. The normalized spacial score (nSPS) is 15.8. The minimum Gasteiger partial charge on any atom is -0.349 e. The van der Waals surface area contributed by atoms with Crippen LogP contribution in [0.15, 0.2) is 65.6 Å². The molecule has 2 aromatic carbocycles. The van der Waals surface area contributed by atoms with Crippen molar-refractivity contribution in [3.05, 3.63) is 94.0 Å². The van der Waals surface area contributed by atoms with Crippen molar-refractivity contribution in [2.75, 3.05) is 0 Å². The van der Waals surface area contributed by atoms with E-state index in [4.69, 9.17) is 0 Å². The van der Waals surface area contributed by atoms with E-state index in [1.165, 1.54) is 16.8 Å². The molecule has 1 aliphatic heterocycles. The molecule has 1 unspecified atom stereocenters. The molecule has 32 heavy (non-hydrogen) atoms. The molecule has 7 nitrogen and oxygen atoms in total. The van der Waals surface area contributed by atoms with Crippen molar-refractivity contribution in [3.63, 3.8) is 0 Å². The second-order valence-electron chi connectivity index (χ2n) is 8.04. The first kappa shape index (κ1) is 20.1. The highest BCUT2D eigenvalue weighted by Gasteiger charge is 2.22. The molecule has 0 aliphatic carbocycles. The van der Waals surface area contributed by atoms with Crippen molar-refractivity contribution in [2.24, 2.45) is 0 Å². The van der Waals surface area contributed by atoms with E-state index in [1.54, 1.807) is 29.0 Å². The fourth-order valence-electron chi connectivity index (χ4n) is 4.12. The summed E-state index contributed by atoms with van der Waals surface area (Å²) in [6.45, 7) is 0.792. The Hall–Kier alpha value is -3.81. The Bertz CT molecular complexity index is 1340. The lowest BCUT2D eigenvalue weighted by Crippen LogP contribution is -2.35. The molecule has 1 atom stereocenters. The van der Waals surface area contributed by atoms with Crippen LogP contribution in [0, 0.1) is 5.82 Å². The molecule has 0 radical (unpaired) electrons. The third-order valence-electron chi connectivity index (χ3n) is 5.86. The van der Waals surface area contributed by atoms with Gasteiger partial charge in [0.2, 0.25) is 0 Å². The smallest absolute Gasteiger partial charge is 0.346 e. The number of benzene rings is 2. The summed E-state index contributed by atoms with van der Waals surface area (Å²) in [5.41, 5.74) is 2.07. The summed E-state index contributed by atoms with van der Waals surface area (Å²) < 4.78 is 16.2. The molecule has 4 aromatic rings. The molecule has 162 valence electrons. The van der Waals surface area contributed by atoms with Crippen LogP contribution in [-0.4, -0.2) is 31.3 Å². The number of aryl methyl sites for hydroxylation is 1. The molecule has 8 heteroatoms. The lowest BCUT2D eigenvalue weighted by molar-refractivity contribution is 0.0933. The van der Waals surface area contributed by atoms with Crippen LogP contribution in [0.2, 0.25) is 0 Å². The summed E-state index contributed by atoms with van der Waals surface area (Å²) in [6, 6.07) is 15.3. The molecule has 1 amide bonds. The van der Waals surface area contributed by atoms with Crippen LogP contribution in [0.5, 0.6) is 0 Å². The Kier molecular flexibility index (Phi) is 5.26. The minimum absolute atomic E-state index is 0.0428. The number of hydrogen-bond acceptors (Lipinski definition) is 4. The number of hydrogen-bond donors (Lipinski definition) is 1. The van der Waals surface area contributed by atoms with Gasteiger partial charge in [0, 0.05) is 36.2 Å². The molecule has 1 aliphatic rings. The van der Waals surface area contributed by atoms with Crippen LogP contribution in [0.1, 0.15) is 34.6 Å². The van der Waals surface area contributed by atoms with E-state index in [9.17, 15) is 14.0 Å². The molecule has 1 N–H and O–H groups in total. The maximum absolute atomic E-state index is 13.1. The van der Waals surface area contributed by atoms with E-state index in [2.05, 4.69) is 15.4 Å². The monoisotopic (exact) mass is 431 g/mol. The molecule has 3 heterocycles. The third kappa shape index (κ3) is 4.03. The van der Waals surface area contributed by atoms with Crippen molar-refractivity contribution >= 4 is 16.8 Å². The number of rotatable bonds is 4. The molecule has 0 spiro atoms. The summed E-state index contributed by atoms with van der Waals surface area (Å²) in [4.78, 5) is 29.9. The minimum atomic E-state index is -0.310. The molecule has 0 bridgehead atoms. The van der Waals surface area contributed by atoms with Gasteiger partial charge in [-0.05, 0) is 54.8 Å². The molecular formula is C24H22FN5O2. The first-order valence-corrected chi connectivity index (χ1v) is 10.6. The maximum atomic E-state index is 13.1. The van der Waals surface area contributed by atoms with Gasteiger partial charge in [0.05, 0.1) is 12.1 Å². The lowest BCUT2D eigenvalue weighted by Gasteiger charge is -2.16. The van der Waals surface area contributed by atoms with Crippen LogP contribution in [0.3, 0.4) is 0 Å². The largest absolute Gasteiger partial charge is 0.349 e. The summed E-state index contributed by atoms with van der Waals surface area (Å²) in [5, 5.41) is 8.51. The topological polar surface area (TPSA) is 81.8 Å². The van der Waals surface area contributed by atoms with E-state index >= 15 is 0 Å². The average molecular weight is 431 g/mol. The van der Waals surface area contributed by atoms with E-state index < -0.39 is 0 Å². The number of carbonyl (C=O) groups excluding carboxylic acids is 1. The van der Waals surface area contributed by atoms with Gasteiger partial charge in [-0.15, -0.1) is 0 Å². The predicted molar refractivity (Wildman–Crippen MR) is 118 cm³/mol. The molecule has 0 saturated heterocycles. The number of aromatic nitrogens is 4. The standard InChI is InChI=1S/C24H22FN5O2/c25-19-6-3-16(4-7-19)15-30-24(32)29-13-11-20(8-10-22(29)28-30)27-23(31)18-5-9-21-17(14-18)2-1-12-26-21/h1-7,9,12,14,20H,8,10-11,13,15H2,(H,27,31). The number of amides is 1. The average Bonchev–Trinajstić information content (AvgIpc) is 2.97. The summed E-state index contributed by atoms with van der Waals surface area (Å²) >= 11 is 0. The van der Waals surface area contributed by atoms with Crippen LogP contribution < -0.4 is 11.0 Å². The zero-order chi connectivity index (χ0) is 22.1. The second kappa shape index (κ2) is 8.37. The quantitative estimate of drug-likeness (QED) is 0.539. The highest BCUT2D eigenvalue weighted by Crippen LogP contribution is 2.16. The Balaban J connectivity index is 1.26. The Morgan fingerprint density at radius 2 is 1.97 bits per heavy atom. The van der Waals surface area contributed by atoms with Crippen molar-refractivity contribution < 1.29 is 9.18 Å². The molecule has 5 rings (SSSR count). The number of fused-ring (bicyclic) bond motifs is 2. The molecule has 0 saturated carbocycles. The molecule has 0 fully saturated rings. The highest BCUT2D eigenvalue weighted by atomic mass is 19.1. The Morgan fingerprint density at radius 3 is 2.81 bits per heavy atom. The number of nitrogens with zero attached hydrogens (tertiary/aromatic N) is 4. The SMILES string of the molecule is O=C(NC1CCc2nn(Cc3ccc(F)cc3)c(=O)n2CC1)c1ccc2ncccc2c1. The summed E-state index contributed by atoms with van der Waals surface area (Å²) in [6.07, 6.45) is 3.67. The van der Waals surface area contributed by atoms with Gasteiger partial charge in [-0.2, -0.15) is 5.10 Å². The van der Waals surface area contributed by atoms with E-state index in [0.717, 1.165) is 16.5 Å². The number of halogens is 1. The number of carbonyl (C=O) groups is 1. The Morgan fingerprint density at radius 1 is 1.12 bits per heavy atom. The highest BCUT2D eigenvalue weighted by molar-refractivity contribution is 5.98. The van der Waals surface area contributed by atoms with Gasteiger partial charge in [-0.1, -0.05) is 18.2 Å².